The second-order valence-corrected chi connectivity index (χ2v) is 2.87. The molecular formula is C9H11NO2. The number of carbonyl (C=O) groups is 1. The van der Waals surface area contributed by atoms with E-state index in [2.05, 4.69) is 0 Å². The highest BCUT2D eigenvalue weighted by Gasteiger charge is 1.98. The molecule has 64 valence electrons. The molecule has 0 atom stereocenters. The molecule has 1 heterocycles. The molecule has 12 heavy (non-hydrogen) atoms. The van der Waals surface area contributed by atoms with E-state index in [1.807, 2.05) is 6.92 Å². The summed E-state index contributed by atoms with van der Waals surface area (Å²) in [6.45, 7) is 3.52. The molecule has 1 rings (SSSR count). The van der Waals surface area contributed by atoms with Gasteiger partial charge in [-0.1, -0.05) is 6.07 Å². The highest BCUT2D eigenvalue weighted by atomic mass is 16.1. The maximum absolute atomic E-state index is 11.1. The largest absolute Gasteiger partial charge is 0.308 e. The summed E-state index contributed by atoms with van der Waals surface area (Å²) in [5, 5.41) is 0. The van der Waals surface area contributed by atoms with Gasteiger partial charge in [0.25, 0.3) is 5.56 Å². The molecule has 0 aromatic carbocycles. The van der Waals surface area contributed by atoms with E-state index in [0.717, 1.165) is 5.56 Å². The van der Waals surface area contributed by atoms with Crippen LogP contribution in [0.1, 0.15) is 12.5 Å². The Kier molecular flexibility index (Phi) is 2.43. The van der Waals surface area contributed by atoms with Gasteiger partial charge in [0.15, 0.2) is 0 Å². The predicted octanol–water partition coefficient (Wildman–Crippen LogP) is 0.746. The number of aromatic nitrogens is 1. The van der Waals surface area contributed by atoms with Gasteiger partial charge in [-0.3, -0.25) is 9.59 Å². The summed E-state index contributed by atoms with van der Waals surface area (Å²) in [7, 11) is 0. The normalized spacial score (nSPS) is 9.83. The molecule has 0 fully saturated rings. The van der Waals surface area contributed by atoms with Gasteiger partial charge in [-0.25, -0.2) is 0 Å². The average molecular weight is 165 g/mol. The van der Waals surface area contributed by atoms with Crippen LogP contribution in [0.4, 0.5) is 0 Å². The van der Waals surface area contributed by atoms with Crippen LogP contribution < -0.4 is 5.56 Å². The monoisotopic (exact) mass is 165 g/mol. The van der Waals surface area contributed by atoms with E-state index >= 15 is 0 Å². The first-order valence-electron chi connectivity index (χ1n) is 3.76. The van der Waals surface area contributed by atoms with Crippen LogP contribution in [-0.2, 0) is 11.3 Å². The molecule has 0 aliphatic rings. The number of hydrogen-bond acceptors (Lipinski definition) is 2. The first kappa shape index (κ1) is 8.71. The van der Waals surface area contributed by atoms with Gasteiger partial charge in [-0.2, -0.15) is 0 Å². The molecule has 0 radical (unpaired) electrons. The average Bonchev–Trinajstić information content (AvgIpc) is 1.96. The number of Topliss-reactive ketones (excluding diaryl/α,β-unsaturated/α-hetero) is 1. The highest BCUT2D eigenvalue weighted by molar-refractivity contribution is 5.75. The molecule has 1 aromatic heterocycles. The van der Waals surface area contributed by atoms with E-state index in [1.54, 1.807) is 12.3 Å². The Bertz CT molecular complexity index is 352. The van der Waals surface area contributed by atoms with Crippen molar-refractivity contribution in [3.05, 3.63) is 34.2 Å². The molecule has 0 aliphatic heterocycles. The van der Waals surface area contributed by atoms with Crippen molar-refractivity contribution in [3.63, 3.8) is 0 Å². The molecular weight excluding hydrogens is 154 g/mol. The fourth-order valence-corrected chi connectivity index (χ4v) is 1.01. The summed E-state index contributed by atoms with van der Waals surface area (Å²) in [5.41, 5.74) is 0.853. The summed E-state index contributed by atoms with van der Waals surface area (Å²) in [4.78, 5) is 21.8. The number of aryl methyl sites for hydroxylation is 1. The first-order valence-corrected chi connectivity index (χ1v) is 3.76. The van der Waals surface area contributed by atoms with Crippen LogP contribution >= 0.6 is 0 Å². The summed E-state index contributed by atoms with van der Waals surface area (Å²) >= 11 is 0. The number of rotatable bonds is 2. The first-order chi connectivity index (χ1) is 5.59. The lowest BCUT2D eigenvalue weighted by atomic mass is 10.3. The third kappa shape index (κ3) is 2.05. The van der Waals surface area contributed by atoms with Crippen molar-refractivity contribution in [2.45, 2.75) is 20.4 Å². The van der Waals surface area contributed by atoms with Crippen LogP contribution in [0.3, 0.4) is 0 Å². The van der Waals surface area contributed by atoms with Crippen molar-refractivity contribution in [1.29, 1.82) is 0 Å². The van der Waals surface area contributed by atoms with Crippen molar-refractivity contribution in [2.24, 2.45) is 0 Å². The summed E-state index contributed by atoms with van der Waals surface area (Å²) in [6.07, 6.45) is 1.68. The number of carbonyl (C=O) groups excluding carboxylic acids is 1. The lowest BCUT2D eigenvalue weighted by Gasteiger charge is -2.02. The van der Waals surface area contributed by atoms with Crippen LogP contribution in [-0.4, -0.2) is 10.4 Å². The third-order valence-electron chi connectivity index (χ3n) is 1.52. The maximum atomic E-state index is 11.1. The fourth-order valence-electron chi connectivity index (χ4n) is 1.01. The van der Waals surface area contributed by atoms with Crippen LogP contribution in [0.15, 0.2) is 23.1 Å². The zero-order chi connectivity index (χ0) is 9.14. The van der Waals surface area contributed by atoms with E-state index in [1.165, 1.54) is 17.6 Å². The molecule has 3 heteroatoms. The molecule has 0 aliphatic carbocycles. The molecule has 0 bridgehead atoms. The van der Waals surface area contributed by atoms with Gasteiger partial charge in [-0.15, -0.1) is 0 Å². The smallest absolute Gasteiger partial charge is 0.250 e. The Labute approximate surface area is 70.6 Å². The fraction of sp³-hybridized carbons (Fsp3) is 0.333. The van der Waals surface area contributed by atoms with Gasteiger partial charge in [0, 0.05) is 12.3 Å². The van der Waals surface area contributed by atoms with Gasteiger partial charge in [0.1, 0.15) is 5.78 Å². The third-order valence-corrected chi connectivity index (χ3v) is 1.52. The summed E-state index contributed by atoms with van der Waals surface area (Å²) in [5.74, 6) is -0.0114. The Morgan fingerprint density at radius 1 is 1.50 bits per heavy atom. The highest BCUT2D eigenvalue weighted by Crippen LogP contribution is 1.91. The van der Waals surface area contributed by atoms with Crippen molar-refractivity contribution in [1.82, 2.24) is 4.57 Å². The second kappa shape index (κ2) is 3.34. The Balaban J connectivity index is 3.06. The summed E-state index contributed by atoms with van der Waals surface area (Å²) < 4.78 is 1.41. The predicted molar refractivity (Wildman–Crippen MR) is 46.1 cm³/mol. The molecule has 0 unspecified atom stereocenters. The van der Waals surface area contributed by atoms with Crippen molar-refractivity contribution < 1.29 is 4.79 Å². The topological polar surface area (TPSA) is 39.1 Å². The van der Waals surface area contributed by atoms with Crippen LogP contribution in [0.25, 0.3) is 0 Å². The minimum Gasteiger partial charge on any atom is -0.308 e. The van der Waals surface area contributed by atoms with Gasteiger partial charge in [-0.05, 0) is 19.4 Å². The van der Waals surface area contributed by atoms with Crippen molar-refractivity contribution in [3.8, 4) is 0 Å². The lowest BCUT2D eigenvalue weighted by Crippen LogP contribution is -2.21. The molecule has 0 N–H and O–H groups in total. The molecule has 0 spiro atoms. The van der Waals surface area contributed by atoms with Crippen LogP contribution in [0, 0.1) is 6.92 Å². The SMILES string of the molecule is CC(=O)Cn1cc(C)ccc1=O. The van der Waals surface area contributed by atoms with E-state index in [9.17, 15) is 9.59 Å². The lowest BCUT2D eigenvalue weighted by molar-refractivity contribution is -0.117. The van der Waals surface area contributed by atoms with Crippen LogP contribution in [0.2, 0.25) is 0 Å². The molecule has 0 amide bonds. The van der Waals surface area contributed by atoms with Gasteiger partial charge in [0.2, 0.25) is 0 Å². The van der Waals surface area contributed by atoms with Gasteiger partial charge in [0.05, 0.1) is 6.54 Å². The molecule has 3 nitrogen and oxygen atoms in total. The Morgan fingerprint density at radius 3 is 2.75 bits per heavy atom. The van der Waals surface area contributed by atoms with Crippen molar-refractivity contribution in [2.75, 3.05) is 0 Å². The number of ketones is 1. The zero-order valence-electron chi connectivity index (χ0n) is 7.20. The minimum absolute atomic E-state index is 0.0114. The standard InChI is InChI=1S/C9H11NO2/c1-7-3-4-9(12)10(5-7)6-8(2)11/h3-5H,6H2,1-2H3. The van der Waals surface area contributed by atoms with Crippen LogP contribution in [0.5, 0.6) is 0 Å². The molecule has 1 aromatic rings. The van der Waals surface area contributed by atoms with E-state index in [-0.39, 0.29) is 17.9 Å². The Hall–Kier alpha value is -1.38. The maximum Gasteiger partial charge on any atom is 0.250 e. The molecule has 0 saturated carbocycles. The quantitative estimate of drug-likeness (QED) is 0.648. The number of hydrogen-bond donors (Lipinski definition) is 0. The summed E-state index contributed by atoms with van der Waals surface area (Å²) in [6, 6.07) is 3.21. The van der Waals surface area contributed by atoms with Gasteiger partial charge < -0.3 is 4.57 Å². The number of nitrogens with zero attached hydrogens (tertiary/aromatic N) is 1. The van der Waals surface area contributed by atoms with E-state index < -0.39 is 0 Å². The second-order valence-electron chi connectivity index (χ2n) is 2.87. The van der Waals surface area contributed by atoms with Gasteiger partial charge >= 0.3 is 0 Å². The van der Waals surface area contributed by atoms with E-state index in [4.69, 9.17) is 0 Å². The number of pyridine rings is 1. The minimum atomic E-state index is -0.129. The molecule has 0 saturated heterocycles. The van der Waals surface area contributed by atoms with E-state index in [0.29, 0.717) is 0 Å². The Morgan fingerprint density at radius 2 is 2.17 bits per heavy atom. The zero-order valence-corrected chi connectivity index (χ0v) is 7.20. The van der Waals surface area contributed by atoms with Crippen molar-refractivity contribution >= 4 is 5.78 Å².